The van der Waals surface area contributed by atoms with Crippen LogP contribution >= 0.6 is 0 Å². The van der Waals surface area contributed by atoms with E-state index in [1.807, 2.05) is 13.8 Å². The van der Waals surface area contributed by atoms with Gasteiger partial charge in [-0.15, -0.1) is 0 Å². The summed E-state index contributed by atoms with van der Waals surface area (Å²) in [6.07, 6.45) is 0.870. The molecule has 0 amide bonds. The first-order valence-corrected chi connectivity index (χ1v) is 5.06. The molecule has 1 aliphatic heterocycles. The molecule has 4 nitrogen and oxygen atoms in total. The number of aliphatic hydroxyl groups excluding tert-OH is 1. The summed E-state index contributed by atoms with van der Waals surface area (Å²) >= 11 is 0. The van der Waals surface area contributed by atoms with Crippen LogP contribution in [-0.2, 0) is 9.53 Å². The highest BCUT2D eigenvalue weighted by Gasteiger charge is 2.39. The largest absolute Gasteiger partial charge is 0.468 e. The number of rotatable bonds is 4. The Bertz CT molecular complexity index is 208. The Kier molecular flexibility index (Phi) is 3.89. The molecule has 0 aromatic carbocycles. The normalized spacial score (nSPS) is 26.4. The van der Waals surface area contributed by atoms with Crippen molar-refractivity contribution in [3.05, 3.63) is 0 Å². The number of nitrogens with zero attached hydrogens (tertiary/aromatic N) is 1. The van der Waals surface area contributed by atoms with Gasteiger partial charge in [0.2, 0.25) is 0 Å². The Labute approximate surface area is 84.8 Å². The monoisotopic (exact) mass is 201 g/mol. The van der Waals surface area contributed by atoms with E-state index in [0.29, 0.717) is 0 Å². The van der Waals surface area contributed by atoms with Crippen LogP contribution in [0.25, 0.3) is 0 Å². The quantitative estimate of drug-likeness (QED) is 0.662. The second-order valence-corrected chi connectivity index (χ2v) is 3.97. The van der Waals surface area contributed by atoms with Crippen molar-refractivity contribution in [1.82, 2.24) is 4.90 Å². The van der Waals surface area contributed by atoms with Crippen molar-refractivity contribution in [2.75, 3.05) is 20.3 Å². The van der Waals surface area contributed by atoms with Gasteiger partial charge >= 0.3 is 5.97 Å². The number of carbonyl (C=O) groups excluding carboxylic acids is 1. The number of hydrogen-bond acceptors (Lipinski definition) is 4. The first-order chi connectivity index (χ1) is 6.61. The minimum absolute atomic E-state index is 0.0935. The highest BCUT2D eigenvalue weighted by molar-refractivity contribution is 5.76. The molecule has 0 aliphatic carbocycles. The maximum Gasteiger partial charge on any atom is 0.323 e. The molecule has 14 heavy (non-hydrogen) atoms. The van der Waals surface area contributed by atoms with Gasteiger partial charge < -0.3 is 9.84 Å². The predicted octanol–water partition coefficient (Wildman–Crippen LogP) is 0.251. The zero-order valence-corrected chi connectivity index (χ0v) is 9.06. The maximum atomic E-state index is 11.3. The molecule has 1 fully saturated rings. The van der Waals surface area contributed by atoms with Gasteiger partial charge in [-0.1, -0.05) is 6.92 Å². The average molecular weight is 201 g/mol. The molecule has 0 radical (unpaired) electrons. The van der Waals surface area contributed by atoms with Gasteiger partial charge in [0, 0.05) is 19.2 Å². The molecule has 1 N–H and O–H groups in total. The van der Waals surface area contributed by atoms with Crippen molar-refractivity contribution in [1.29, 1.82) is 0 Å². The smallest absolute Gasteiger partial charge is 0.323 e. The van der Waals surface area contributed by atoms with Crippen molar-refractivity contribution in [3.63, 3.8) is 0 Å². The Morgan fingerprint density at radius 3 is 2.64 bits per heavy atom. The first-order valence-electron chi connectivity index (χ1n) is 5.06. The number of carbonyl (C=O) groups is 1. The van der Waals surface area contributed by atoms with Crippen molar-refractivity contribution in [2.45, 2.75) is 32.4 Å². The van der Waals surface area contributed by atoms with Crippen LogP contribution < -0.4 is 0 Å². The number of likely N-dealkylation sites (tertiary alicyclic amines) is 1. The fraction of sp³-hybridized carbons (Fsp3) is 0.900. The van der Waals surface area contributed by atoms with Gasteiger partial charge in [-0.3, -0.25) is 9.69 Å². The lowest BCUT2D eigenvalue weighted by atomic mass is 9.94. The van der Waals surface area contributed by atoms with Gasteiger partial charge in [-0.05, 0) is 19.3 Å². The summed E-state index contributed by atoms with van der Waals surface area (Å²) < 4.78 is 4.70. The first kappa shape index (κ1) is 11.5. The van der Waals surface area contributed by atoms with Crippen molar-refractivity contribution in [2.24, 2.45) is 5.92 Å². The highest BCUT2D eigenvalue weighted by atomic mass is 16.5. The summed E-state index contributed by atoms with van der Waals surface area (Å²) in [6.45, 7) is 5.10. The number of aliphatic hydroxyl groups is 1. The molecule has 0 bridgehead atoms. The third kappa shape index (κ3) is 2.07. The summed E-state index contributed by atoms with van der Waals surface area (Å²) in [6, 6.07) is 0.141. The third-order valence-corrected chi connectivity index (χ3v) is 3.17. The lowest BCUT2D eigenvalue weighted by Crippen LogP contribution is -2.58. The second kappa shape index (κ2) is 4.75. The predicted molar refractivity (Wildman–Crippen MR) is 52.8 cm³/mol. The minimum atomic E-state index is -0.159. The van der Waals surface area contributed by atoms with Crippen LogP contribution in [0.2, 0.25) is 0 Å². The van der Waals surface area contributed by atoms with Gasteiger partial charge in [-0.25, -0.2) is 0 Å². The standard InChI is InChI=1S/C10H19NO3/c1-7(6-12)8(2)11-5-4-9(11)10(13)14-3/h7-9,12H,4-6H2,1-3H3. The molecule has 0 aromatic heterocycles. The minimum Gasteiger partial charge on any atom is -0.468 e. The summed E-state index contributed by atoms with van der Waals surface area (Å²) in [5.41, 5.74) is 0. The van der Waals surface area contributed by atoms with Gasteiger partial charge in [0.05, 0.1) is 7.11 Å². The number of esters is 1. The van der Waals surface area contributed by atoms with Crippen LogP contribution in [0.1, 0.15) is 20.3 Å². The van der Waals surface area contributed by atoms with E-state index in [-0.39, 0.29) is 30.6 Å². The number of methoxy groups -OCH3 is 1. The Balaban J connectivity index is 2.49. The van der Waals surface area contributed by atoms with E-state index in [4.69, 9.17) is 9.84 Å². The van der Waals surface area contributed by atoms with E-state index in [0.717, 1.165) is 13.0 Å². The molecule has 3 unspecified atom stereocenters. The van der Waals surface area contributed by atoms with Crippen LogP contribution in [0.5, 0.6) is 0 Å². The van der Waals surface area contributed by atoms with Gasteiger partial charge in [0.15, 0.2) is 0 Å². The summed E-state index contributed by atoms with van der Waals surface area (Å²) in [5.74, 6) is 0.0377. The van der Waals surface area contributed by atoms with Crippen molar-refractivity contribution < 1.29 is 14.6 Å². The zero-order chi connectivity index (χ0) is 10.7. The van der Waals surface area contributed by atoms with Crippen LogP contribution in [0, 0.1) is 5.92 Å². The van der Waals surface area contributed by atoms with Crippen LogP contribution in [-0.4, -0.2) is 48.3 Å². The van der Waals surface area contributed by atoms with E-state index in [9.17, 15) is 4.79 Å². The van der Waals surface area contributed by atoms with E-state index in [1.165, 1.54) is 7.11 Å². The van der Waals surface area contributed by atoms with Crippen LogP contribution in [0.15, 0.2) is 0 Å². The summed E-state index contributed by atoms with van der Waals surface area (Å²) in [5, 5.41) is 9.01. The van der Waals surface area contributed by atoms with Crippen LogP contribution in [0.3, 0.4) is 0 Å². The molecule has 0 spiro atoms. The average Bonchev–Trinajstić information content (AvgIpc) is 2.14. The number of hydrogen-bond donors (Lipinski definition) is 1. The molecule has 1 heterocycles. The molecule has 3 atom stereocenters. The van der Waals surface area contributed by atoms with Gasteiger partial charge in [0.25, 0.3) is 0 Å². The molecule has 82 valence electrons. The molecular weight excluding hydrogens is 182 g/mol. The SMILES string of the molecule is COC(=O)C1CCN1C(C)C(C)CO. The van der Waals surface area contributed by atoms with Gasteiger partial charge in [-0.2, -0.15) is 0 Å². The summed E-state index contributed by atoms with van der Waals surface area (Å²) in [7, 11) is 1.42. The van der Waals surface area contributed by atoms with Gasteiger partial charge in [0.1, 0.15) is 6.04 Å². The zero-order valence-electron chi connectivity index (χ0n) is 9.06. The molecule has 1 aliphatic rings. The Morgan fingerprint density at radius 2 is 2.29 bits per heavy atom. The fourth-order valence-electron chi connectivity index (χ4n) is 1.76. The molecule has 1 rings (SSSR count). The summed E-state index contributed by atoms with van der Waals surface area (Å²) in [4.78, 5) is 13.4. The molecule has 1 saturated heterocycles. The lowest BCUT2D eigenvalue weighted by molar-refractivity contribution is -0.154. The molecule has 4 heteroatoms. The molecular formula is C10H19NO3. The molecule has 0 saturated carbocycles. The van der Waals surface area contributed by atoms with E-state index in [2.05, 4.69) is 4.90 Å². The highest BCUT2D eigenvalue weighted by Crippen LogP contribution is 2.25. The third-order valence-electron chi connectivity index (χ3n) is 3.17. The Morgan fingerprint density at radius 1 is 1.64 bits per heavy atom. The Hall–Kier alpha value is -0.610. The maximum absolute atomic E-state index is 11.3. The van der Waals surface area contributed by atoms with Crippen molar-refractivity contribution >= 4 is 5.97 Å². The van der Waals surface area contributed by atoms with E-state index < -0.39 is 0 Å². The topological polar surface area (TPSA) is 49.8 Å². The second-order valence-electron chi connectivity index (χ2n) is 3.97. The van der Waals surface area contributed by atoms with E-state index >= 15 is 0 Å². The number of ether oxygens (including phenoxy) is 1. The van der Waals surface area contributed by atoms with Crippen molar-refractivity contribution in [3.8, 4) is 0 Å². The van der Waals surface area contributed by atoms with Crippen LogP contribution in [0.4, 0.5) is 0 Å². The molecule has 0 aromatic rings. The van der Waals surface area contributed by atoms with E-state index in [1.54, 1.807) is 0 Å². The lowest BCUT2D eigenvalue weighted by Gasteiger charge is -2.44. The fourth-order valence-corrected chi connectivity index (χ4v) is 1.76.